The lowest BCUT2D eigenvalue weighted by molar-refractivity contribution is 0.414. The van der Waals surface area contributed by atoms with Gasteiger partial charge in [-0.25, -0.2) is 4.98 Å². The van der Waals surface area contributed by atoms with Gasteiger partial charge in [-0.3, -0.25) is 0 Å². The van der Waals surface area contributed by atoms with E-state index in [0.29, 0.717) is 0 Å². The minimum absolute atomic E-state index is 0.184. The average molecular weight is 502 g/mol. The maximum absolute atomic E-state index is 6.42. The molecular formula is C25H33BrN2O2Si. The van der Waals surface area contributed by atoms with Gasteiger partial charge in [-0.15, -0.1) is 0 Å². The Morgan fingerprint density at radius 3 is 1.94 bits per heavy atom. The van der Waals surface area contributed by atoms with Crippen molar-refractivity contribution in [2.45, 2.75) is 51.7 Å². The molecule has 0 N–H and O–H groups in total. The van der Waals surface area contributed by atoms with Crippen molar-refractivity contribution in [2.75, 3.05) is 7.11 Å². The topological polar surface area (TPSA) is 36.3 Å². The van der Waals surface area contributed by atoms with Crippen LogP contribution in [0.1, 0.15) is 43.3 Å². The second kappa shape index (κ2) is 9.21. The third kappa shape index (κ3) is 5.60. The lowest BCUT2D eigenvalue weighted by Crippen LogP contribution is -2.43. The standard InChI is InChI=1S/C25H33BrN2O2Si/c1-25(2,3)31(6,7)30-21-14-10-19(11-15-21)17-23-22(27-24(26)28(23)4)16-18-8-12-20(29-5)13-9-18/h8-15H,16-17H2,1-7H3. The van der Waals surface area contributed by atoms with Crippen LogP contribution in [0.25, 0.3) is 0 Å². The molecule has 0 bridgehead atoms. The largest absolute Gasteiger partial charge is 0.544 e. The van der Waals surface area contributed by atoms with Gasteiger partial charge in [0.15, 0.2) is 4.73 Å². The normalized spacial score (nSPS) is 12.1. The first kappa shape index (κ1) is 23.6. The summed E-state index contributed by atoms with van der Waals surface area (Å²) in [4.78, 5) is 4.77. The Hall–Kier alpha value is -2.05. The van der Waals surface area contributed by atoms with Crippen molar-refractivity contribution >= 4 is 24.2 Å². The zero-order valence-electron chi connectivity index (χ0n) is 19.6. The van der Waals surface area contributed by atoms with E-state index >= 15 is 0 Å². The molecule has 3 rings (SSSR count). The summed E-state index contributed by atoms with van der Waals surface area (Å²) in [7, 11) is 1.91. The molecule has 0 aliphatic carbocycles. The number of halogens is 1. The lowest BCUT2D eigenvalue weighted by atomic mass is 10.0. The van der Waals surface area contributed by atoms with Crippen LogP contribution in [0.3, 0.4) is 0 Å². The van der Waals surface area contributed by atoms with Crippen molar-refractivity contribution in [3.8, 4) is 11.5 Å². The Morgan fingerprint density at radius 1 is 0.903 bits per heavy atom. The van der Waals surface area contributed by atoms with E-state index in [0.717, 1.165) is 34.8 Å². The van der Waals surface area contributed by atoms with E-state index in [2.05, 4.69) is 97.8 Å². The summed E-state index contributed by atoms with van der Waals surface area (Å²) in [5.41, 5.74) is 4.75. The molecule has 1 heterocycles. The molecule has 0 aliphatic rings. The minimum atomic E-state index is -1.83. The number of imidazole rings is 1. The molecular weight excluding hydrogens is 468 g/mol. The molecule has 0 aliphatic heterocycles. The van der Waals surface area contributed by atoms with Gasteiger partial charge in [-0.1, -0.05) is 45.0 Å². The highest BCUT2D eigenvalue weighted by Gasteiger charge is 2.38. The molecule has 0 amide bonds. The van der Waals surface area contributed by atoms with Gasteiger partial charge in [0.25, 0.3) is 0 Å². The molecule has 2 aromatic carbocycles. The number of ether oxygens (including phenoxy) is 1. The van der Waals surface area contributed by atoms with E-state index in [9.17, 15) is 0 Å². The molecule has 31 heavy (non-hydrogen) atoms. The number of hydrogen-bond acceptors (Lipinski definition) is 3. The summed E-state index contributed by atoms with van der Waals surface area (Å²) < 4.78 is 14.7. The molecule has 0 saturated heterocycles. The predicted molar refractivity (Wildman–Crippen MR) is 134 cm³/mol. The minimum Gasteiger partial charge on any atom is -0.544 e. The zero-order valence-corrected chi connectivity index (χ0v) is 22.2. The molecule has 3 aromatic rings. The van der Waals surface area contributed by atoms with Crippen molar-refractivity contribution in [3.63, 3.8) is 0 Å². The quantitative estimate of drug-likeness (QED) is 0.336. The average Bonchev–Trinajstić information content (AvgIpc) is 2.96. The molecule has 1 aromatic heterocycles. The summed E-state index contributed by atoms with van der Waals surface area (Å²) in [6.07, 6.45) is 1.60. The zero-order chi connectivity index (χ0) is 22.8. The molecule has 166 valence electrons. The number of benzene rings is 2. The van der Waals surface area contributed by atoms with E-state index in [4.69, 9.17) is 14.1 Å². The van der Waals surface area contributed by atoms with Crippen molar-refractivity contribution in [1.82, 2.24) is 9.55 Å². The number of hydrogen-bond donors (Lipinski definition) is 0. The first-order valence-electron chi connectivity index (χ1n) is 10.6. The second-order valence-corrected chi connectivity index (χ2v) is 15.0. The summed E-state index contributed by atoms with van der Waals surface area (Å²) in [6, 6.07) is 16.7. The molecule has 6 heteroatoms. The van der Waals surface area contributed by atoms with E-state index in [1.165, 1.54) is 16.8 Å². The van der Waals surface area contributed by atoms with Crippen LogP contribution in [0.15, 0.2) is 53.3 Å². The van der Waals surface area contributed by atoms with Crippen LogP contribution in [-0.2, 0) is 19.9 Å². The summed E-state index contributed by atoms with van der Waals surface area (Å²) in [5, 5.41) is 0.184. The first-order valence-corrected chi connectivity index (χ1v) is 14.3. The van der Waals surface area contributed by atoms with Crippen LogP contribution in [0.5, 0.6) is 11.5 Å². The smallest absolute Gasteiger partial charge is 0.250 e. The SMILES string of the molecule is COc1ccc(Cc2nc(Br)n(C)c2Cc2ccc(O[Si](C)(C)C(C)(C)C)cc2)cc1. The van der Waals surface area contributed by atoms with Gasteiger partial charge < -0.3 is 13.7 Å². The summed E-state index contributed by atoms with van der Waals surface area (Å²) in [6.45, 7) is 11.3. The molecule has 4 nitrogen and oxygen atoms in total. The molecule has 0 atom stereocenters. The van der Waals surface area contributed by atoms with Crippen LogP contribution in [0, 0.1) is 0 Å². The fraction of sp³-hybridized carbons (Fsp3) is 0.400. The third-order valence-corrected chi connectivity index (χ3v) is 11.3. The van der Waals surface area contributed by atoms with Gasteiger partial charge in [0.05, 0.1) is 12.8 Å². The number of nitrogens with zero attached hydrogens (tertiary/aromatic N) is 2. The fourth-order valence-corrected chi connectivity index (χ4v) is 4.63. The van der Waals surface area contributed by atoms with Gasteiger partial charge in [0.2, 0.25) is 8.32 Å². The van der Waals surface area contributed by atoms with Crippen molar-refractivity contribution in [1.29, 1.82) is 0 Å². The van der Waals surface area contributed by atoms with Crippen molar-refractivity contribution < 1.29 is 9.16 Å². The van der Waals surface area contributed by atoms with E-state index in [1.54, 1.807) is 7.11 Å². The van der Waals surface area contributed by atoms with E-state index in [1.807, 2.05) is 12.1 Å². The van der Waals surface area contributed by atoms with Crippen molar-refractivity contribution in [2.24, 2.45) is 7.05 Å². The highest BCUT2D eigenvalue weighted by molar-refractivity contribution is 9.10. The summed E-state index contributed by atoms with van der Waals surface area (Å²) in [5.74, 6) is 1.83. The van der Waals surface area contributed by atoms with Gasteiger partial charge in [0, 0.05) is 25.6 Å². The van der Waals surface area contributed by atoms with E-state index in [-0.39, 0.29) is 5.04 Å². The maximum atomic E-state index is 6.42. The Labute approximate surface area is 195 Å². The van der Waals surface area contributed by atoms with Crippen LogP contribution in [-0.4, -0.2) is 25.0 Å². The maximum Gasteiger partial charge on any atom is 0.250 e. The Morgan fingerprint density at radius 2 is 1.42 bits per heavy atom. The van der Waals surface area contributed by atoms with Crippen LogP contribution < -0.4 is 9.16 Å². The predicted octanol–water partition coefficient (Wildman–Crippen LogP) is 6.76. The van der Waals surface area contributed by atoms with Gasteiger partial charge >= 0.3 is 0 Å². The highest BCUT2D eigenvalue weighted by Crippen LogP contribution is 2.37. The number of methoxy groups -OCH3 is 1. The first-order chi connectivity index (χ1) is 14.5. The van der Waals surface area contributed by atoms with Crippen LogP contribution in [0.2, 0.25) is 18.1 Å². The molecule has 0 unspecified atom stereocenters. The highest BCUT2D eigenvalue weighted by atomic mass is 79.9. The Balaban J connectivity index is 1.78. The third-order valence-electron chi connectivity index (χ3n) is 6.25. The van der Waals surface area contributed by atoms with Gasteiger partial charge in [-0.05, 0) is 69.5 Å². The monoisotopic (exact) mass is 500 g/mol. The van der Waals surface area contributed by atoms with Crippen molar-refractivity contribution in [3.05, 3.63) is 75.8 Å². The fourth-order valence-electron chi connectivity index (χ4n) is 3.17. The lowest BCUT2D eigenvalue weighted by Gasteiger charge is -2.36. The van der Waals surface area contributed by atoms with E-state index < -0.39 is 8.32 Å². The Kier molecular flexibility index (Phi) is 7.01. The molecule has 0 radical (unpaired) electrons. The molecule has 0 saturated carbocycles. The van der Waals surface area contributed by atoms with Gasteiger partial charge in [-0.2, -0.15) is 0 Å². The second-order valence-electron chi connectivity index (χ2n) is 9.54. The van der Waals surface area contributed by atoms with Gasteiger partial charge in [0.1, 0.15) is 11.5 Å². The number of rotatable bonds is 7. The van der Waals surface area contributed by atoms with Crippen LogP contribution in [0.4, 0.5) is 0 Å². The molecule has 0 spiro atoms. The van der Waals surface area contributed by atoms with Crippen LogP contribution >= 0.6 is 15.9 Å². The number of aromatic nitrogens is 2. The summed E-state index contributed by atoms with van der Waals surface area (Å²) >= 11 is 3.60. The molecule has 0 fully saturated rings. The Bertz CT molecular complexity index is 1020.